The lowest BCUT2D eigenvalue weighted by Crippen LogP contribution is -2.40. The Morgan fingerprint density at radius 1 is 1.11 bits per heavy atom. The van der Waals surface area contributed by atoms with E-state index in [2.05, 4.69) is 4.72 Å². The predicted octanol–water partition coefficient (Wildman–Crippen LogP) is 4.35. The minimum absolute atomic E-state index is 0.0631. The van der Waals surface area contributed by atoms with Crippen LogP contribution in [0.15, 0.2) is 77.7 Å². The Balaban J connectivity index is 1.64. The highest BCUT2D eigenvalue weighted by molar-refractivity contribution is 7.89. The third-order valence-corrected chi connectivity index (χ3v) is 7.93. The number of sulfonamides is 1. The summed E-state index contributed by atoms with van der Waals surface area (Å²) in [5.41, 5.74) is 6.81. The first kappa shape index (κ1) is 27.3. The second-order valence-corrected chi connectivity index (χ2v) is 12.0. The molecular formula is C28H30FN3O5S. The molecule has 3 N–H and O–H groups in total. The number of hydrogen-bond acceptors (Lipinski definition) is 5. The summed E-state index contributed by atoms with van der Waals surface area (Å²) in [5, 5.41) is 0. The molecule has 2 atom stereocenters. The van der Waals surface area contributed by atoms with Crippen molar-refractivity contribution in [3.8, 4) is 0 Å². The molecule has 4 rings (SSSR count). The number of nitrogens with two attached hydrogens (primary N) is 1. The molecule has 38 heavy (non-hydrogen) atoms. The quantitative estimate of drug-likeness (QED) is 0.441. The predicted molar refractivity (Wildman–Crippen MR) is 142 cm³/mol. The van der Waals surface area contributed by atoms with Crippen LogP contribution in [0.5, 0.6) is 0 Å². The minimum atomic E-state index is -3.75. The van der Waals surface area contributed by atoms with E-state index in [1.54, 1.807) is 20.8 Å². The van der Waals surface area contributed by atoms with Crippen molar-refractivity contribution in [3.63, 3.8) is 0 Å². The molecule has 1 saturated heterocycles. The van der Waals surface area contributed by atoms with Gasteiger partial charge >= 0.3 is 6.09 Å². The second-order valence-electron chi connectivity index (χ2n) is 10.3. The largest absolute Gasteiger partial charge is 0.443 e. The van der Waals surface area contributed by atoms with Crippen LogP contribution in [-0.2, 0) is 21.2 Å². The van der Waals surface area contributed by atoms with E-state index in [-0.39, 0.29) is 17.0 Å². The molecule has 0 aliphatic carbocycles. The van der Waals surface area contributed by atoms with E-state index in [9.17, 15) is 22.4 Å². The van der Waals surface area contributed by atoms with Crippen molar-refractivity contribution in [2.24, 2.45) is 5.73 Å². The van der Waals surface area contributed by atoms with Gasteiger partial charge in [0.15, 0.2) is 0 Å². The van der Waals surface area contributed by atoms with Crippen molar-refractivity contribution in [3.05, 3.63) is 95.3 Å². The van der Waals surface area contributed by atoms with Crippen molar-refractivity contribution >= 4 is 27.7 Å². The Hall–Kier alpha value is -3.76. The van der Waals surface area contributed by atoms with E-state index >= 15 is 0 Å². The summed E-state index contributed by atoms with van der Waals surface area (Å²) >= 11 is 0. The number of nitrogens with zero attached hydrogens (tertiary/aromatic N) is 1. The summed E-state index contributed by atoms with van der Waals surface area (Å²) in [6, 6.07) is 19.1. The normalized spacial score (nSPS) is 16.8. The van der Waals surface area contributed by atoms with Crippen LogP contribution in [0.4, 0.5) is 14.9 Å². The molecule has 8 nitrogen and oxygen atoms in total. The van der Waals surface area contributed by atoms with E-state index in [1.165, 1.54) is 47.4 Å². The number of hydrogen-bond donors (Lipinski definition) is 2. The summed E-state index contributed by atoms with van der Waals surface area (Å²) in [7, 11) is -3.75. The van der Waals surface area contributed by atoms with Crippen LogP contribution in [0, 0.1) is 5.82 Å². The molecule has 3 aromatic carbocycles. The number of ether oxygens (including phenoxy) is 1. The van der Waals surface area contributed by atoms with Gasteiger partial charge in [0.05, 0.1) is 11.4 Å². The number of primary amides is 1. The fourth-order valence-electron chi connectivity index (χ4n) is 4.55. The summed E-state index contributed by atoms with van der Waals surface area (Å²) in [6.07, 6.45) is -0.992. The van der Waals surface area contributed by atoms with Gasteiger partial charge in [0, 0.05) is 22.7 Å². The van der Waals surface area contributed by atoms with E-state index < -0.39 is 45.4 Å². The third-order valence-electron chi connectivity index (χ3n) is 6.16. The van der Waals surface area contributed by atoms with Gasteiger partial charge in [-0.3, -0.25) is 9.69 Å². The number of amides is 2. The average molecular weight is 540 g/mol. The third kappa shape index (κ3) is 6.20. The molecule has 0 saturated carbocycles. The lowest BCUT2D eigenvalue weighted by atomic mass is 9.84. The topological polar surface area (TPSA) is 119 Å². The number of anilines is 1. The number of nitrogens with one attached hydrogen (secondary N) is 1. The molecule has 0 spiro atoms. The highest BCUT2D eigenvalue weighted by atomic mass is 32.2. The smallest absolute Gasteiger partial charge is 0.414 e. The Morgan fingerprint density at radius 3 is 2.37 bits per heavy atom. The minimum Gasteiger partial charge on any atom is -0.443 e. The zero-order valence-corrected chi connectivity index (χ0v) is 22.2. The first-order chi connectivity index (χ1) is 17.8. The molecular weight excluding hydrogens is 509 g/mol. The summed E-state index contributed by atoms with van der Waals surface area (Å²) in [5.74, 6) is -1.81. The standard InChI is InChI=1S/C28H30FN3O5S/c1-28(2,3)31-38(35,36)21-12-10-20(11-13-21)32-17-25(37-27(32)34)24(15-18-7-5-4-6-8-18)23-16-19(29)9-14-22(23)26(30)33/h4-14,16,24-25,31H,15,17H2,1-3H3,(H2,30,33)/t24-,25-/m0/s1. The molecule has 1 heterocycles. The zero-order chi connectivity index (χ0) is 27.7. The van der Waals surface area contributed by atoms with Crippen LogP contribution >= 0.6 is 0 Å². The molecule has 10 heteroatoms. The molecule has 1 aliphatic rings. The Kier molecular flexibility index (Phi) is 7.57. The van der Waals surface area contributed by atoms with Gasteiger partial charge < -0.3 is 10.5 Å². The Bertz CT molecular complexity index is 1440. The Morgan fingerprint density at radius 2 is 1.76 bits per heavy atom. The van der Waals surface area contributed by atoms with Crippen LogP contribution < -0.4 is 15.4 Å². The SMILES string of the molecule is CC(C)(C)NS(=O)(=O)c1ccc(N2C[C@@H]([C@@H](Cc3ccccc3)c3cc(F)ccc3C(N)=O)OC2=O)cc1. The van der Waals surface area contributed by atoms with Gasteiger partial charge in [-0.2, -0.15) is 0 Å². The number of carbonyl (C=O) groups is 2. The van der Waals surface area contributed by atoms with Crippen LogP contribution in [0.3, 0.4) is 0 Å². The zero-order valence-electron chi connectivity index (χ0n) is 21.3. The van der Waals surface area contributed by atoms with Crippen LogP contribution in [0.2, 0.25) is 0 Å². The lowest BCUT2D eigenvalue weighted by Gasteiger charge is -2.24. The van der Waals surface area contributed by atoms with Crippen molar-refractivity contribution in [1.82, 2.24) is 4.72 Å². The van der Waals surface area contributed by atoms with Gasteiger partial charge in [0.25, 0.3) is 0 Å². The lowest BCUT2D eigenvalue weighted by molar-refractivity contribution is 0.0996. The fourth-order valence-corrected chi connectivity index (χ4v) is 5.97. The molecule has 0 unspecified atom stereocenters. The van der Waals surface area contributed by atoms with E-state index in [4.69, 9.17) is 10.5 Å². The molecule has 3 aromatic rings. The summed E-state index contributed by atoms with van der Waals surface area (Å²) < 4.78 is 47.9. The molecule has 1 fully saturated rings. The molecule has 0 aromatic heterocycles. The first-order valence-electron chi connectivity index (χ1n) is 12.1. The number of halogens is 1. The number of benzene rings is 3. The van der Waals surface area contributed by atoms with Gasteiger partial charge in [-0.05, 0) is 80.8 Å². The number of cyclic esters (lactones) is 1. The highest BCUT2D eigenvalue weighted by Crippen LogP contribution is 2.35. The van der Waals surface area contributed by atoms with Crippen molar-refractivity contribution in [2.75, 3.05) is 11.4 Å². The number of carbonyl (C=O) groups excluding carboxylic acids is 2. The molecule has 0 bridgehead atoms. The van der Waals surface area contributed by atoms with Gasteiger partial charge in [-0.25, -0.2) is 22.3 Å². The van der Waals surface area contributed by atoms with Gasteiger partial charge in [-0.15, -0.1) is 0 Å². The van der Waals surface area contributed by atoms with Crippen LogP contribution in [0.25, 0.3) is 0 Å². The number of rotatable bonds is 8. The highest BCUT2D eigenvalue weighted by Gasteiger charge is 2.39. The summed E-state index contributed by atoms with van der Waals surface area (Å²) in [6.45, 7) is 5.34. The van der Waals surface area contributed by atoms with Crippen molar-refractivity contribution in [1.29, 1.82) is 0 Å². The fraction of sp³-hybridized carbons (Fsp3) is 0.286. The van der Waals surface area contributed by atoms with Crippen LogP contribution in [0.1, 0.15) is 48.2 Å². The van der Waals surface area contributed by atoms with Crippen molar-refractivity contribution < 1.29 is 27.1 Å². The maximum Gasteiger partial charge on any atom is 0.414 e. The molecule has 2 amide bonds. The van der Waals surface area contributed by atoms with E-state index in [0.717, 1.165) is 5.56 Å². The monoisotopic (exact) mass is 539 g/mol. The van der Waals surface area contributed by atoms with E-state index in [1.807, 2.05) is 30.3 Å². The van der Waals surface area contributed by atoms with Gasteiger partial charge in [0.2, 0.25) is 15.9 Å². The maximum atomic E-state index is 14.3. The van der Waals surface area contributed by atoms with Gasteiger partial charge in [0.1, 0.15) is 11.9 Å². The van der Waals surface area contributed by atoms with Gasteiger partial charge in [-0.1, -0.05) is 30.3 Å². The average Bonchev–Trinajstić information content (AvgIpc) is 3.22. The molecule has 1 aliphatic heterocycles. The van der Waals surface area contributed by atoms with E-state index in [0.29, 0.717) is 17.7 Å². The second kappa shape index (κ2) is 10.5. The van der Waals surface area contributed by atoms with Crippen molar-refractivity contribution in [2.45, 2.75) is 49.6 Å². The summed E-state index contributed by atoms with van der Waals surface area (Å²) in [4.78, 5) is 26.6. The molecule has 0 radical (unpaired) electrons. The Labute approximate surface area is 221 Å². The molecule has 200 valence electrons. The van der Waals surface area contributed by atoms with Crippen LogP contribution in [-0.4, -0.2) is 38.6 Å². The maximum absolute atomic E-state index is 14.3. The first-order valence-corrected chi connectivity index (χ1v) is 13.6.